The summed E-state index contributed by atoms with van der Waals surface area (Å²) in [6.07, 6.45) is 22.0. The molecule has 1 saturated heterocycles. The van der Waals surface area contributed by atoms with Gasteiger partial charge in [-0.1, -0.05) is 103 Å². The van der Waals surface area contributed by atoms with Crippen LogP contribution in [0.1, 0.15) is 110 Å². The molecular formula is C23H46O4. The van der Waals surface area contributed by atoms with Crippen LogP contribution in [-0.2, 0) is 14.2 Å². The first-order valence-corrected chi connectivity index (χ1v) is 11.8. The molecule has 0 unspecified atom stereocenters. The minimum absolute atomic E-state index is 0.133. The molecule has 4 nitrogen and oxygen atoms in total. The van der Waals surface area contributed by atoms with Gasteiger partial charge in [-0.25, -0.2) is 0 Å². The van der Waals surface area contributed by atoms with Gasteiger partial charge in [0, 0.05) is 6.61 Å². The first-order chi connectivity index (χ1) is 13.3. The first-order valence-electron chi connectivity index (χ1n) is 11.8. The number of ether oxygens (including phenoxy) is 3. The third-order valence-electron chi connectivity index (χ3n) is 5.52. The van der Waals surface area contributed by atoms with Gasteiger partial charge in [-0.15, -0.1) is 0 Å². The molecule has 27 heavy (non-hydrogen) atoms. The van der Waals surface area contributed by atoms with Gasteiger partial charge in [0.15, 0.2) is 0 Å². The van der Waals surface area contributed by atoms with E-state index in [1.807, 2.05) is 0 Å². The van der Waals surface area contributed by atoms with Crippen molar-refractivity contribution < 1.29 is 19.3 Å². The highest BCUT2D eigenvalue weighted by atomic mass is 16.8. The standard InChI is InChI=1S/C23H46O4/c1-2-3-4-5-6-7-8-9-10-11-12-13-14-15-16-17-18-25-22-23(21-24)26-19-20-27-23/h24H,2-22H2,1H3. The summed E-state index contributed by atoms with van der Waals surface area (Å²) in [7, 11) is 0. The highest BCUT2D eigenvalue weighted by Crippen LogP contribution is 2.19. The summed E-state index contributed by atoms with van der Waals surface area (Å²) in [5.74, 6) is -0.894. The van der Waals surface area contributed by atoms with E-state index in [1.54, 1.807) is 0 Å². The van der Waals surface area contributed by atoms with E-state index >= 15 is 0 Å². The minimum Gasteiger partial charge on any atom is -0.391 e. The van der Waals surface area contributed by atoms with E-state index in [4.69, 9.17) is 14.2 Å². The second-order valence-electron chi connectivity index (χ2n) is 8.12. The molecule has 0 aromatic rings. The average molecular weight is 387 g/mol. The van der Waals surface area contributed by atoms with Gasteiger partial charge < -0.3 is 19.3 Å². The van der Waals surface area contributed by atoms with Crippen LogP contribution in [-0.4, -0.2) is 43.9 Å². The average Bonchev–Trinajstić information content (AvgIpc) is 3.16. The van der Waals surface area contributed by atoms with Crippen molar-refractivity contribution in [2.24, 2.45) is 0 Å². The van der Waals surface area contributed by atoms with E-state index in [9.17, 15) is 5.11 Å². The Morgan fingerprint density at radius 3 is 1.48 bits per heavy atom. The fraction of sp³-hybridized carbons (Fsp3) is 1.00. The summed E-state index contributed by atoms with van der Waals surface area (Å²) in [6, 6.07) is 0. The van der Waals surface area contributed by atoms with Crippen LogP contribution in [0.4, 0.5) is 0 Å². The number of unbranched alkanes of at least 4 members (excludes halogenated alkanes) is 15. The molecule has 0 radical (unpaired) electrons. The van der Waals surface area contributed by atoms with Gasteiger partial charge in [-0.3, -0.25) is 0 Å². The van der Waals surface area contributed by atoms with Crippen molar-refractivity contribution in [2.75, 3.05) is 33.0 Å². The third kappa shape index (κ3) is 13.6. The zero-order chi connectivity index (χ0) is 19.5. The van der Waals surface area contributed by atoms with Crippen LogP contribution in [0.15, 0.2) is 0 Å². The van der Waals surface area contributed by atoms with Crippen molar-refractivity contribution >= 4 is 0 Å². The maximum Gasteiger partial charge on any atom is 0.215 e. The van der Waals surface area contributed by atoms with E-state index < -0.39 is 5.79 Å². The van der Waals surface area contributed by atoms with Gasteiger partial charge in [0.1, 0.15) is 6.61 Å². The maximum atomic E-state index is 9.33. The van der Waals surface area contributed by atoms with Gasteiger partial charge in [-0.05, 0) is 6.42 Å². The zero-order valence-electron chi connectivity index (χ0n) is 18.0. The topological polar surface area (TPSA) is 47.9 Å². The van der Waals surface area contributed by atoms with Crippen LogP contribution in [0.5, 0.6) is 0 Å². The SMILES string of the molecule is CCCCCCCCCCCCCCCCCCOCC1(CO)OCCO1. The molecular weight excluding hydrogens is 340 g/mol. The van der Waals surface area contributed by atoms with Gasteiger partial charge >= 0.3 is 0 Å². The molecule has 0 aromatic carbocycles. The number of aliphatic hydroxyl groups excluding tert-OH is 1. The minimum atomic E-state index is -0.894. The molecule has 0 atom stereocenters. The van der Waals surface area contributed by atoms with E-state index in [2.05, 4.69) is 6.92 Å². The molecule has 1 rings (SSSR count). The molecule has 0 aromatic heterocycles. The van der Waals surface area contributed by atoms with Gasteiger partial charge in [0.05, 0.1) is 19.8 Å². The predicted molar refractivity (Wildman–Crippen MR) is 112 cm³/mol. The van der Waals surface area contributed by atoms with Crippen LogP contribution >= 0.6 is 0 Å². The van der Waals surface area contributed by atoms with Crippen molar-refractivity contribution in [3.63, 3.8) is 0 Å². The lowest BCUT2D eigenvalue weighted by atomic mass is 10.0. The van der Waals surface area contributed by atoms with Crippen molar-refractivity contribution in [3.8, 4) is 0 Å². The number of rotatable bonds is 20. The van der Waals surface area contributed by atoms with Crippen LogP contribution in [0.2, 0.25) is 0 Å². The predicted octanol–water partition coefficient (Wildman–Crippen LogP) is 6.00. The van der Waals surface area contributed by atoms with Crippen molar-refractivity contribution in [1.82, 2.24) is 0 Å². The highest BCUT2D eigenvalue weighted by Gasteiger charge is 2.36. The molecule has 0 aliphatic carbocycles. The van der Waals surface area contributed by atoms with E-state index in [0.717, 1.165) is 13.0 Å². The fourth-order valence-electron chi connectivity index (χ4n) is 3.70. The lowest BCUT2D eigenvalue weighted by molar-refractivity contribution is -0.213. The highest BCUT2D eigenvalue weighted by molar-refractivity contribution is 4.72. The van der Waals surface area contributed by atoms with Gasteiger partial charge in [-0.2, -0.15) is 0 Å². The van der Waals surface area contributed by atoms with Gasteiger partial charge in [0.25, 0.3) is 0 Å². The van der Waals surface area contributed by atoms with E-state index in [1.165, 1.54) is 96.3 Å². The van der Waals surface area contributed by atoms with E-state index in [-0.39, 0.29) is 6.61 Å². The molecule has 162 valence electrons. The van der Waals surface area contributed by atoms with Crippen LogP contribution in [0.25, 0.3) is 0 Å². The molecule has 1 heterocycles. The number of hydrogen-bond donors (Lipinski definition) is 1. The second-order valence-corrected chi connectivity index (χ2v) is 8.12. The van der Waals surface area contributed by atoms with Crippen molar-refractivity contribution in [3.05, 3.63) is 0 Å². The fourth-order valence-corrected chi connectivity index (χ4v) is 3.70. The van der Waals surface area contributed by atoms with Crippen molar-refractivity contribution in [1.29, 1.82) is 0 Å². The largest absolute Gasteiger partial charge is 0.391 e. The molecule has 0 spiro atoms. The van der Waals surface area contributed by atoms with Crippen LogP contribution in [0, 0.1) is 0 Å². The van der Waals surface area contributed by atoms with Gasteiger partial charge in [0.2, 0.25) is 5.79 Å². The van der Waals surface area contributed by atoms with E-state index in [0.29, 0.717) is 19.8 Å². The second kappa shape index (κ2) is 17.9. The molecule has 0 amide bonds. The summed E-state index contributed by atoms with van der Waals surface area (Å²) in [6.45, 7) is 4.30. The van der Waals surface area contributed by atoms with Crippen molar-refractivity contribution in [2.45, 2.75) is 115 Å². The quantitative estimate of drug-likeness (QED) is 0.261. The Bertz CT molecular complexity index is 303. The summed E-state index contributed by atoms with van der Waals surface area (Å²) in [5.41, 5.74) is 0. The Morgan fingerprint density at radius 1 is 0.667 bits per heavy atom. The first kappa shape index (κ1) is 24.9. The molecule has 1 N–H and O–H groups in total. The molecule has 0 bridgehead atoms. The Labute approximate surface area is 168 Å². The van der Waals surface area contributed by atoms with Crippen LogP contribution < -0.4 is 0 Å². The summed E-state index contributed by atoms with van der Waals surface area (Å²) in [4.78, 5) is 0. The Morgan fingerprint density at radius 2 is 1.07 bits per heavy atom. The summed E-state index contributed by atoms with van der Waals surface area (Å²) < 4.78 is 16.5. The monoisotopic (exact) mass is 386 g/mol. The third-order valence-corrected chi connectivity index (χ3v) is 5.52. The Balaban J connectivity index is 1.71. The summed E-state index contributed by atoms with van der Waals surface area (Å²) in [5, 5.41) is 9.33. The maximum absolute atomic E-state index is 9.33. The normalized spacial score (nSPS) is 16.2. The Kier molecular flexibility index (Phi) is 16.5. The molecule has 0 saturated carbocycles. The molecule has 4 heteroatoms. The molecule has 1 aliphatic heterocycles. The smallest absolute Gasteiger partial charge is 0.215 e. The molecule has 1 aliphatic rings. The lowest BCUT2D eigenvalue weighted by Crippen LogP contribution is -2.40. The summed E-state index contributed by atoms with van der Waals surface area (Å²) >= 11 is 0. The molecule has 1 fully saturated rings. The number of aliphatic hydroxyl groups is 1. The Hall–Kier alpha value is -0.160. The van der Waals surface area contributed by atoms with Crippen LogP contribution in [0.3, 0.4) is 0 Å². The lowest BCUT2D eigenvalue weighted by Gasteiger charge is -2.24. The zero-order valence-corrected chi connectivity index (χ0v) is 18.0. The number of hydrogen-bond acceptors (Lipinski definition) is 4.